The number of hydrogen-bond acceptors (Lipinski definition) is 3. The minimum atomic E-state index is 0.324. The van der Waals surface area contributed by atoms with Crippen molar-refractivity contribution in [2.24, 2.45) is 0 Å². The van der Waals surface area contributed by atoms with Gasteiger partial charge in [-0.25, -0.2) is 0 Å². The van der Waals surface area contributed by atoms with E-state index in [2.05, 4.69) is 11.9 Å². The average molecular weight is 211 g/mol. The van der Waals surface area contributed by atoms with Crippen molar-refractivity contribution in [2.75, 3.05) is 20.2 Å². The molecule has 0 spiro atoms. The van der Waals surface area contributed by atoms with E-state index < -0.39 is 0 Å². The number of nitrogens with zero attached hydrogens (tertiary/aromatic N) is 1. The number of hydrogen-bond donors (Lipinski definition) is 1. The summed E-state index contributed by atoms with van der Waals surface area (Å²) in [6.07, 6.45) is 7.98. The van der Waals surface area contributed by atoms with Crippen LogP contribution in [0.1, 0.15) is 31.2 Å². The summed E-state index contributed by atoms with van der Waals surface area (Å²) in [5, 5.41) is 8.63. The van der Waals surface area contributed by atoms with E-state index in [0.717, 1.165) is 25.9 Å². The molecule has 0 unspecified atom stereocenters. The highest BCUT2D eigenvalue weighted by molar-refractivity contribution is 5.04. The molecule has 0 aromatic carbocycles. The molecule has 1 rings (SSSR count). The highest BCUT2D eigenvalue weighted by atomic mass is 16.3. The molecule has 1 aromatic heterocycles. The molecular formula is C12H21NO2. The first-order chi connectivity index (χ1) is 7.33. The predicted octanol–water partition coefficient (Wildman–Crippen LogP) is 2.26. The third-order valence-electron chi connectivity index (χ3n) is 2.48. The van der Waals surface area contributed by atoms with Gasteiger partial charge in [0.25, 0.3) is 0 Å². The van der Waals surface area contributed by atoms with Gasteiger partial charge in [0, 0.05) is 18.7 Å². The van der Waals surface area contributed by atoms with Crippen molar-refractivity contribution in [2.45, 2.75) is 32.2 Å². The molecule has 0 saturated carbocycles. The lowest BCUT2D eigenvalue weighted by atomic mass is 10.2. The Morgan fingerprint density at radius 3 is 2.73 bits per heavy atom. The fraction of sp³-hybridized carbons (Fsp3) is 0.667. The maximum Gasteiger partial charge on any atom is 0.0947 e. The van der Waals surface area contributed by atoms with Gasteiger partial charge in [-0.3, -0.25) is 0 Å². The van der Waals surface area contributed by atoms with Crippen molar-refractivity contribution in [3.8, 4) is 0 Å². The molecule has 0 radical (unpaired) electrons. The van der Waals surface area contributed by atoms with Crippen LogP contribution in [-0.2, 0) is 6.54 Å². The normalized spacial score (nSPS) is 11.1. The molecule has 1 N–H and O–H groups in total. The van der Waals surface area contributed by atoms with Gasteiger partial charge < -0.3 is 14.4 Å². The lowest BCUT2D eigenvalue weighted by Crippen LogP contribution is -2.18. The number of furan rings is 1. The number of rotatable bonds is 8. The zero-order chi connectivity index (χ0) is 10.9. The van der Waals surface area contributed by atoms with E-state index in [1.165, 1.54) is 18.4 Å². The molecular weight excluding hydrogens is 190 g/mol. The minimum absolute atomic E-state index is 0.324. The van der Waals surface area contributed by atoms with Crippen molar-refractivity contribution < 1.29 is 9.52 Å². The summed E-state index contributed by atoms with van der Waals surface area (Å²) >= 11 is 0. The van der Waals surface area contributed by atoms with Crippen LogP contribution in [0.15, 0.2) is 23.0 Å². The van der Waals surface area contributed by atoms with Crippen LogP contribution in [0.25, 0.3) is 0 Å². The Morgan fingerprint density at radius 2 is 2.07 bits per heavy atom. The van der Waals surface area contributed by atoms with Crippen LogP contribution in [0, 0.1) is 0 Å². The van der Waals surface area contributed by atoms with Gasteiger partial charge >= 0.3 is 0 Å². The summed E-state index contributed by atoms with van der Waals surface area (Å²) in [5.41, 5.74) is 1.23. The second-order valence-electron chi connectivity index (χ2n) is 4.01. The fourth-order valence-corrected chi connectivity index (χ4v) is 1.62. The summed E-state index contributed by atoms with van der Waals surface area (Å²) in [4.78, 5) is 2.30. The smallest absolute Gasteiger partial charge is 0.0947 e. The Balaban J connectivity index is 2.01. The molecule has 0 aliphatic rings. The largest absolute Gasteiger partial charge is 0.472 e. The van der Waals surface area contributed by atoms with E-state index in [0.29, 0.717) is 6.61 Å². The molecule has 0 aliphatic carbocycles. The first-order valence-corrected chi connectivity index (χ1v) is 5.63. The molecule has 0 saturated heterocycles. The van der Waals surface area contributed by atoms with Crippen molar-refractivity contribution in [1.82, 2.24) is 4.90 Å². The van der Waals surface area contributed by atoms with Crippen LogP contribution >= 0.6 is 0 Å². The molecule has 1 aromatic rings. The van der Waals surface area contributed by atoms with Gasteiger partial charge in [-0.05, 0) is 32.5 Å². The first kappa shape index (κ1) is 12.3. The van der Waals surface area contributed by atoms with Crippen LogP contribution in [-0.4, -0.2) is 30.2 Å². The van der Waals surface area contributed by atoms with Crippen LogP contribution in [0.3, 0.4) is 0 Å². The lowest BCUT2D eigenvalue weighted by Gasteiger charge is -2.14. The summed E-state index contributed by atoms with van der Waals surface area (Å²) in [7, 11) is 2.12. The Labute approximate surface area is 91.7 Å². The molecule has 1 heterocycles. The third-order valence-corrected chi connectivity index (χ3v) is 2.48. The van der Waals surface area contributed by atoms with E-state index in [-0.39, 0.29) is 0 Å². The van der Waals surface area contributed by atoms with E-state index in [1.54, 1.807) is 12.5 Å². The topological polar surface area (TPSA) is 36.6 Å². The quantitative estimate of drug-likeness (QED) is 0.670. The van der Waals surface area contributed by atoms with Gasteiger partial charge in [-0.2, -0.15) is 0 Å². The minimum Gasteiger partial charge on any atom is -0.472 e. The van der Waals surface area contributed by atoms with E-state index >= 15 is 0 Å². The Morgan fingerprint density at radius 1 is 1.27 bits per heavy atom. The molecule has 3 nitrogen and oxygen atoms in total. The van der Waals surface area contributed by atoms with Crippen LogP contribution in [0.4, 0.5) is 0 Å². The van der Waals surface area contributed by atoms with Crippen LogP contribution in [0.2, 0.25) is 0 Å². The second-order valence-corrected chi connectivity index (χ2v) is 4.01. The molecule has 0 fully saturated rings. The molecule has 3 heteroatoms. The maximum absolute atomic E-state index is 8.63. The maximum atomic E-state index is 8.63. The predicted molar refractivity (Wildman–Crippen MR) is 60.6 cm³/mol. The van der Waals surface area contributed by atoms with Crippen molar-refractivity contribution in [3.05, 3.63) is 24.2 Å². The van der Waals surface area contributed by atoms with Crippen molar-refractivity contribution in [3.63, 3.8) is 0 Å². The molecule has 86 valence electrons. The van der Waals surface area contributed by atoms with E-state index in [9.17, 15) is 0 Å². The van der Waals surface area contributed by atoms with Gasteiger partial charge in [0.05, 0.1) is 12.5 Å². The van der Waals surface area contributed by atoms with Gasteiger partial charge in [-0.1, -0.05) is 12.8 Å². The van der Waals surface area contributed by atoms with Crippen LogP contribution in [0.5, 0.6) is 0 Å². The van der Waals surface area contributed by atoms with E-state index in [4.69, 9.17) is 9.52 Å². The zero-order valence-electron chi connectivity index (χ0n) is 9.48. The molecule has 0 atom stereocenters. The lowest BCUT2D eigenvalue weighted by molar-refractivity contribution is 0.277. The molecule has 0 amide bonds. The monoisotopic (exact) mass is 211 g/mol. The highest BCUT2D eigenvalue weighted by Crippen LogP contribution is 2.06. The van der Waals surface area contributed by atoms with Crippen molar-refractivity contribution in [1.29, 1.82) is 0 Å². The van der Waals surface area contributed by atoms with Gasteiger partial charge in [-0.15, -0.1) is 0 Å². The van der Waals surface area contributed by atoms with E-state index in [1.807, 2.05) is 6.07 Å². The average Bonchev–Trinajstić information content (AvgIpc) is 2.70. The number of unbranched alkanes of at least 4 members (excludes halogenated alkanes) is 3. The summed E-state index contributed by atoms with van der Waals surface area (Å²) in [6.45, 7) is 2.39. The summed E-state index contributed by atoms with van der Waals surface area (Å²) in [5.74, 6) is 0. The number of aliphatic hydroxyl groups is 1. The summed E-state index contributed by atoms with van der Waals surface area (Å²) < 4.78 is 5.02. The van der Waals surface area contributed by atoms with Gasteiger partial charge in [0.15, 0.2) is 0 Å². The first-order valence-electron chi connectivity index (χ1n) is 5.63. The SMILES string of the molecule is CN(CCCCCCO)Cc1ccoc1. The zero-order valence-corrected chi connectivity index (χ0v) is 9.48. The fourth-order valence-electron chi connectivity index (χ4n) is 1.62. The van der Waals surface area contributed by atoms with Crippen LogP contribution < -0.4 is 0 Å². The van der Waals surface area contributed by atoms with Crippen molar-refractivity contribution >= 4 is 0 Å². The number of aliphatic hydroxyl groups excluding tert-OH is 1. The van der Waals surface area contributed by atoms with Gasteiger partial charge in [0.2, 0.25) is 0 Å². The Hall–Kier alpha value is -0.800. The molecule has 15 heavy (non-hydrogen) atoms. The second kappa shape index (κ2) is 7.49. The Kier molecular flexibility index (Phi) is 6.12. The van der Waals surface area contributed by atoms with Gasteiger partial charge in [0.1, 0.15) is 0 Å². The molecule has 0 bridgehead atoms. The standard InChI is InChI=1S/C12H21NO2/c1-13(7-4-2-3-5-8-14)10-12-6-9-15-11-12/h6,9,11,14H,2-5,7-8,10H2,1H3. The highest BCUT2D eigenvalue weighted by Gasteiger charge is 2.00. The molecule has 0 aliphatic heterocycles. The third kappa shape index (κ3) is 5.60. The Bertz CT molecular complexity index is 234. The summed E-state index contributed by atoms with van der Waals surface area (Å²) in [6, 6.07) is 2.00.